The van der Waals surface area contributed by atoms with Crippen LogP contribution in [0.3, 0.4) is 0 Å². The van der Waals surface area contributed by atoms with Gasteiger partial charge in [0.05, 0.1) is 30.4 Å². The number of rotatable bonds is 7. The van der Waals surface area contributed by atoms with E-state index in [0.29, 0.717) is 24.7 Å². The van der Waals surface area contributed by atoms with Gasteiger partial charge in [-0.25, -0.2) is 4.98 Å². The predicted octanol–water partition coefficient (Wildman–Crippen LogP) is 4.30. The summed E-state index contributed by atoms with van der Waals surface area (Å²) in [7, 11) is 0. The van der Waals surface area contributed by atoms with E-state index in [-0.39, 0.29) is 17.4 Å². The summed E-state index contributed by atoms with van der Waals surface area (Å²) in [4.78, 5) is 15.6. The van der Waals surface area contributed by atoms with Gasteiger partial charge in [-0.1, -0.05) is 38.1 Å². The summed E-state index contributed by atoms with van der Waals surface area (Å²) in [6.45, 7) is 4.49. The fourth-order valence-corrected chi connectivity index (χ4v) is 6.08. The van der Waals surface area contributed by atoms with E-state index in [9.17, 15) is 9.90 Å². The fraction of sp³-hybridized carbons (Fsp3) is 0.583. The maximum absolute atomic E-state index is 11.6. The fourth-order valence-electron chi connectivity index (χ4n) is 6.08. The molecule has 4 rings (SSSR count). The first kappa shape index (κ1) is 20.1. The summed E-state index contributed by atoms with van der Waals surface area (Å²) in [6.07, 6.45) is 9.51. The molecule has 1 aliphatic heterocycles. The third kappa shape index (κ3) is 3.73. The number of hydrogen-bond acceptors (Lipinski definition) is 3. The summed E-state index contributed by atoms with van der Waals surface area (Å²) in [5, 5.41) is 11.6. The Morgan fingerprint density at radius 3 is 2.93 bits per heavy atom. The molecule has 3 N–H and O–H groups in total. The molecule has 2 aromatic rings. The zero-order valence-electron chi connectivity index (χ0n) is 17.6. The first-order chi connectivity index (χ1) is 13.9. The zero-order chi connectivity index (χ0) is 20.6. The van der Waals surface area contributed by atoms with E-state index in [1.807, 2.05) is 12.5 Å². The number of aromatic nitrogens is 2. The molecule has 5 nitrogen and oxygen atoms in total. The Labute approximate surface area is 173 Å². The lowest BCUT2D eigenvalue weighted by Gasteiger charge is -2.47. The number of aliphatic hydroxyl groups is 1. The number of carbonyl (C=O) groups excluding carboxylic acids is 1. The van der Waals surface area contributed by atoms with Gasteiger partial charge in [0.25, 0.3) is 0 Å². The van der Waals surface area contributed by atoms with Crippen molar-refractivity contribution >= 4 is 5.91 Å². The molecule has 1 aliphatic carbocycles. The first-order valence-electron chi connectivity index (χ1n) is 11.0. The van der Waals surface area contributed by atoms with Gasteiger partial charge in [-0.15, -0.1) is 0 Å². The number of aliphatic hydroxyl groups excluding tert-OH is 1. The van der Waals surface area contributed by atoms with Gasteiger partial charge < -0.3 is 15.4 Å². The van der Waals surface area contributed by atoms with Gasteiger partial charge in [0.1, 0.15) is 0 Å². The molecule has 5 atom stereocenters. The Morgan fingerprint density at radius 2 is 2.17 bits per heavy atom. The molecule has 1 aromatic carbocycles. The van der Waals surface area contributed by atoms with Gasteiger partial charge in [-0.05, 0) is 61.3 Å². The molecule has 2 aliphatic rings. The number of hydrogen-bond donors (Lipinski definition) is 2. The maximum Gasteiger partial charge on any atom is 0.217 e. The van der Waals surface area contributed by atoms with E-state index in [4.69, 9.17) is 5.73 Å². The number of nitrogens with two attached hydrogens (primary N) is 1. The summed E-state index contributed by atoms with van der Waals surface area (Å²) < 4.78 is 2.22. The van der Waals surface area contributed by atoms with Crippen LogP contribution in [0.25, 0.3) is 11.3 Å². The average molecular weight is 396 g/mol. The van der Waals surface area contributed by atoms with E-state index in [1.54, 1.807) is 0 Å². The number of carbonyl (C=O) groups is 1. The second-order valence-electron chi connectivity index (χ2n) is 9.38. The summed E-state index contributed by atoms with van der Waals surface area (Å²) >= 11 is 0. The highest BCUT2D eigenvalue weighted by atomic mass is 16.3. The SMILES string of the molecule is CCC1(C(O)CC2c3ccccc3-c3cncn32)CC(C)CC(CCC(N)=O)C1. The molecule has 1 saturated carbocycles. The molecule has 1 amide bonds. The van der Waals surface area contributed by atoms with Gasteiger partial charge >= 0.3 is 0 Å². The van der Waals surface area contributed by atoms with Gasteiger partial charge in [-0.3, -0.25) is 4.79 Å². The first-order valence-corrected chi connectivity index (χ1v) is 11.0. The van der Waals surface area contributed by atoms with Crippen molar-refractivity contribution in [1.29, 1.82) is 0 Å². The van der Waals surface area contributed by atoms with Crippen molar-refractivity contribution in [2.45, 2.75) is 70.9 Å². The molecular formula is C24H33N3O2. The molecule has 0 radical (unpaired) electrons. The molecule has 29 heavy (non-hydrogen) atoms. The van der Waals surface area contributed by atoms with Gasteiger partial charge in [-0.2, -0.15) is 0 Å². The minimum Gasteiger partial charge on any atom is -0.392 e. The van der Waals surface area contributed by atoms with Crippen LogP contribution in [-0.4, -0.2) is 26.7 Å². The van der Waals surface area contributed by atoms with Crippen LogP contribution >= 0.6 is 0 Å². The second-order valence-corrected chi connectivity index (χ2v) is 9.38. The van der Waals surface area contributed by atoms with Crippen LogP contribution in [0.2, 0.25) is 0 Å². The van der Waals surface area contributed by atoms with Crippen molar-refractivity contribution in [2.24, 2.45) is 23.0 Å². The number of amides is 1. The molecule has 2 heterocycles. The molecule has 1 fully saturated rings. The van der Waals surface area contributed by atoms with Crippen LogP contribution in [0.15, 0.2) is 36.8 Å². The Kier molecular flexibility index (Phi) is 5.52. The largest absolute Gasteiger partial charge is 0.392 e. The summed E-state index contributed by atoms with van der Waals surface area (Å²) in [5.74, 6) is 0.789. The smallest absolute Gasteiger partial charge is 0.217 e. The van der Waals surface area contributed by atoms with Gasteiger partial charge in [0.2, 0.25) is 5.91 Å². The van der Waals surface area contributed by atoms with Crippen LogP contribution in [0.4, 0.5) is 0 Å². The third-order valence-electron chi connectivity index (χ3n) is 7.44. The maximum atomic E-state index is 11.6. The van der Waals surface area contributed by atoms with Crippen molar-refractivity contribution in [1.82, 2.24) is 9.55 Å². The van der Waals surface area contributed by atoms with E-state index >= 15 is 0 Å². The second kappa shape index (κ2) is 7.94. The molecule has 0 bridgehead atoms. The standard InChI is InChI=1S/C24H33N3O2/c1-3-24(12-16(2)10-17(13-24)8-9-23(25)29)22(28)11-20-18-6-4-5-7-19(18)21-14-26-15-27(20)21/h4-7,14-17,20,22,28H,3,8-13H2,1-2H3,(H2,25,29). The van der Waals surface area contributed by atoms with Crippen molar-refractivity contribution in [2.75, 3.05) is 0 Å². The molecule has 5 unspecified atom stereocenters. The Bertz CT molecular complexity index is 877. The van der Waals surface area contributed by atoms with Crippen molar-refractivity contribution in [3.8, 4) is 11.3 Å². The molecular weight excluding hydrogens is 362 g/mol. The van der Waals surface area contributed by atoms with E-state index in [0.717, 1.165) is 37.8 Å². The Balaban J connectivity index is 1.56. The zero-order valence-corrected chi connectivity index (χ0v) is 17.6. The van der Waals surface area contributed by atoms with Gasteiger partial charge in [0.15, 0.2) is 0 Å². The van der Waals surface area contributed by atoms with E-state index < -0.39 is 6.10 Å². The molecule has 156 valence electrons. The summed E-state index contributed by atoms with van der Waals surface area (Å²) in [5.41, 5.74) is 8.94. The number of fused-ring (bicyclic) bond motifs is 3. The third-order valence-corrected chi connectivity index (χ3v) is 7.44. The highest BCUT2D eigenvalue weighted by Gasteiger charge is 2.44. The van der Waals surface area contributed by atoms with Crippen LogP contribution in [0, 0.1) is 17.3 Å². The van der Waals surface area contributed by atoms with E-state index in [2.05, 4.69) is 47.7 Å². The Morgan fingerprint density at radius 1 is 1.38 bits per heavy atom. The van der Waals surface area contributed by atoms with E-state index in [1.165, 1.54) is 11.1 Å². The lowest BCUT2D eigenvalue weighted by Crippen LogP contribution is -2.43. The topological polar surface area (TPSA) is 81.1 Å². The van der Waals surface area contributed by atoms with Crippen molar-refractivity contribution in [3.05, 3.63) is 42.4 Å². The number of benzene rings is 1. The highest BCUT2D eigenvalue weighted by Crippen LogP contribution is 2.51. The molecule has 1 aromatic heterocycles. The lowest BCUT2D eigenvalue weighted by atomic mass is 9.60. The van der Waals surface area contributed by atoms with Crippen LogP contribution in [0.1, 0.15) is 70.4 Å². The van der Waals surface area contributed by atoms with Crippen LogP contribution in [0.5, 0.6) is 0 Å². The lowest BCUT2D eigenvalue weighted by molar-refractivity contribution is -0.118. The normalized spacial score (nSPS) is 29.3. The molecule has 0 saturated heterocycles. The molecule has 0 spiro atoms. The minimum atomic E-state index is -0.391. The summed E-state index contributed by atoms with van der Waals surface area (Å²) in [6, 6.07) is 8.60. The number of nitrogens with zero attached hydrogens (tertiary/aromatic N) is 2. The number of imidazole rings is 1. The quantitative estimate of drug-likeness (QED) is 0.733. The van der Waals surface area contributed by atoms with Gasteiger partial charge in [0, 0.05) is 12.0 Å². The molecule has 5 heteroatoms. The number of primary amides is 1. The van der Waals surface area contributed by atoms with Crippen LogP contribution < -0.4 is 5.73 Å². The van der Waals surface area contributed by atoms with Crippen molar-refractivity contribution in [3.63, 3.8) is 0 Å². The Hall–Kier alpha value is -2.14. The highest BCUT2D eigenvalue weighted by molar-refractivity contribution is 5.73. The average Bonchev–Trinajstić information content (AvgIpc) is 3.28. The van der Waals surface area contributed by atoms with Crippen molar-refractivity contribution < 1.29 is 9.90 Å². The van der Waals surface area contributed by atoms with Crippen LogP contribution in [-0.2, 0) is 4.79 Å². The predicted molar refractivity (Wildman–Crippen MR) is 114 cm³/mol. The minimum absolute atomic E-state index is 0.0990. The monoisotopic (exact) mass is 395 g/mol.